The van der Waals surface area contributed by atoms with Gasteiger partial charge in [0.05, 0.1) is 0 Å². The third kappa shape index (κ3) is 2.79. The van der Waals surface area contributed by atoms with Crippen molar-refractivity contribution < 1.29 is 4.39 Å². The molecule has 0 amide bonds. The molecule has 0 radical (unpaired) electrons. The van der Waals surface area contributed by atoms with Crippen molar-refractivity contribution in [3.63, 3.8) is 0 Å². The summed E-state index contributed by atoms with van der Waals surface area (Å²) in [4.78, 5) is 2.07. The van der Waals surface area contributed by atoms with Crippen molar-refractivity contribution in [3.05, 3.63) is 90.2 Å². The number of nitrogens with zero attached hydrogens (tertiary/aromatic N) is 1. The van der Waals surface area contributed by atoms with E-state index in [2.05, 4.69) is 17.9 Å². The molecule has 0 saturated carbocycles. The van der Waals surface area contributed by atoms with Gasteiger partial charge in [-0.2, -0.15) is 0 Å². The minimum atomic E-state index is -0.234. The van der Waals surface area contributed by atoms with Gasteiger partial charge in [0.15, 0.2) is 0 Å². The summed E-state index contributed by atoms with van der Waals surface area (Å²) in [7, 11) is 0. The van der Waals surface area contributed by atoms with Crippen molar-refractivity contribution in [1.29, 1.82) is 0 Å². The molecule has 0 atom stereocenters. The van der Waals surface area contributed by atoms with Gasteiger partial charge in [-0.25, -0.2) is 4.39 Å². The van der Waals surface area contributed by atoms with E-state index in [1.807, 2.05) is 54.6 Å². The Kier molecular flexibility index (Phi) is 3.69. The van der Waals surface area contributed by atoms with E-state index in [1.165, 1.54) is 6.07 Å². The lowest BCUT2D eigenvalue weighted by molar-refractivity contribution is 0.628. The second-order valence-corrected chi connectivity index (χ2v) is 4.94. The van der Waals surface area contributed by atoms with Crippen LogP contribution >= 0.6 is 0 Å². The number of benzene rings is 3. The molecule has 0 bridgehead atoms. The Morgan fingerprint density at radius 3 is 2.10 bits per heavy atom. The van der Waals surface area contributed by atoms with E-state index in [4.69, 9.17) is 0 Å². The topological polar surface area (TPSA) is 3.24 Å². The molecular weight excluding hydrogens is 261 g/mol. The Balaban J connectivity index is 2.19. The van der Waals surface area contributed by atoms with Crippen molar-refractivity contribution in [2.24, 2.45) is 0 Å². The number of aryl methyl sites for hydroxylation is 1. The zero-order valence-corrected chi connectivity index (χ0v) is 11.8. The standard InChI is InChI=1S/C19H16FN/c1-15-8-5-6-13-19(15)21(17-10-3-2-4-11-17)18-12-7-9-16(20)14-18/h2-14H,1H3. The van der Waals surface area contributed by atoms with Gasteiger partial charge >= 0.3 is 0 Å². The summed E-state index contributed by atoms with van der Waals surface area (Å²) in [5.41, 5.74) is 4.02. The highest BCUT2D eigenvalue weighted by Gasteiger charge is 2.14. The van der Waals surface area contributed by atoms with E-state index in [-0.39, 0.29) is 5.82 Å². The highest BCUT2D eigenvalue weighted by Crippen LogP contribution is 2.36. The van der Waals surface area contributed by atoms with E-state index in [1.54, 1.807) is 12.1 Å². The van der Waals surface area contributed by atoms with Gasteiger partial charge in [0, 0.05) is 17.1 Å². The van der Waals surface area contributed by atoms with E-state index in [0.717, 1.165) is 22.6 Å². The number of hydrogen-bond donors (Lipinski definition) is 0. The summed E-state index contributed by atoms with van der Waals surface area (Å²) >= 11 is 0. The smallest absolute Gasteiger partial charge is 0.125 e. The Morgan fingerprint density at radius 1 is 0.714 bits per heavy atom. The molecule has 3 aromatic rings. The number of para-hydroxylation sites is 2. The average molecular weight is 277 g/mol. The number of hydrogen-bond acceptors (Lipinski definition) is 1. The molecule has 0 saturated heterocycles. The van der Waals surface area contributed by atoms with E-state index in [9.17, 15) is 4.39 Å². The molecule has 3 aromatic carbocycles. The molecule has 0 N–H and O–H groups in total. The van der Waals surface area contributed by atoms with Gasteiger partial charge in [0.1, 0.15) is 5.82 Å². The van der Waals surface area contributed by atoms with E-state index >= 15 is 0 Å². The quantitative estimate of drug-likeness (QED) is 0.602. The van der Waals surface area contributed by atoms with Crippen molar-refractivity contribution in [1.82, 2.24) is 0 Å². The van der Waals surface area contributed by atoms with Gasteiger partial charge in [0.2, 0.25) is 0 Å². The van der Waals surface area contributed by atoms with E-state index < -0.39 is 0 Å². The van der Waals surface area contributed by atoms with Crippen LogP contribution in [0.3, 0.4) is 0 Å². The first kappa shape index (κ1) is 13.4. The highest BCUT2D eigenvalue weighted by molar-refractivity contribution is 5.78. The predicted octanol–water partition coefficient (Wildman–Crippen LogP) is 5.60. The summed E-state index contributed by atoms with van der Waals surface area (Å²) in [5, 5.41) is 0. The van der Waals surface area contributed by atoms with E-state index in [0.29, 0.717) is 0 Å². The van der Waals surface area contributed by atoms with Gasteiger partial charge in [0.25, 0.3) is 0 Å². The number of halogens is 1. The van der Waals surface area contributed by atoms with Crippen LogP contribution in [0.25, 0.3) is 0 Å². The minimum Gasteiger partial charge on any atom is -0.310 e. The fourth-order valence-electron chi connectivity index (χ4n) is 2.43. The molecular formula is C19H16FN. The van der Waals surface area contributed by atoms with Crippen LogP contribution in [0.5, 0.6) is 0 Å². The average Bonchev–Trinajstić information content (AvgIpc) is 2.51. The molecule has 1 nitrogen and oxygen atoms in total. The van der Waals surface area contributed by atoms with Crippen LogP contribution < -0.4 is 4.90 Å². The minimum absolute atomic E-state index is 0.234. The largest absolute Gasteiger partial charge is 0.310 e. The summed E-state index contributed by atoms with van der Waals surface area (Å²) in [5.74, 6) is -0.234. The van der Waals surface area contributed by atoms with Crippen LogP contribution in [-0.4, -0.2) is 0 Å². The molecule has 0 aliphatic rings. The Morgan fingerprint density at radius 2 is 1.38 bits per heavy atom. The van der Waals surface area contributed by atoms with Gasteiger partial charge in [-0.1, -0.05) is 42.5 Å². The maximum Gasteiger partial charge on any atom is 0.125 e. The summed E-state index contributed by atoms with van der Waals surface area (Å²) in [6.45, 7) is 2.06. The lowest BCUT2D eigenvalue weighted by Gasteiger charge is -2.26. The first-order valence-electron chi connectivity index (χ1n) is 6.92. The van der Waals surface area contributed by atoms with Crippen molar-refractivity contribution >= 4 is 17.1 Å². The molecule has 2 heteroatoms. The highest BCUT2D eigenvalue weighted by atomic mass is 19.1. The fourth-order valence-corrected chi connectivity index (χ4v) is 2.43. The predicted molar refractivity (Wildman–Crippen MR) is 85.8 cm³/mol. The first-order chi connectivity index (χ1) is 10.3. The van der Waals surface area contributed by atoms with Gasteiger partial charge in [-0.15, -0.1) is 0 Å². The maximum atomic E-state index is 13.6. The van der Waals surface area contributed by atoms with Gasteiger partial charge < -0.3 is 4.90 Å². The molecule has 0 unspecified atom stereocenters. The number of rotatable bonds is 3. The fraction of sp³-hybridized carbons (Fsp3) is 0.0526. The second-order valence-electron chi connectivity index (χ2n) is 4.94. The normalized spacial score (nSPS) is 10.4. The lowest BCUT2D eigenvalue weighted by atomic mass is 10.1. The van der Waals surface area contributed by atoms with Crippen molar-refractivity contribution in [3.8, 4) is 0 Å². The van der Waals surface area contributed by atoms with Crippen LogP contribution in [0.2, 0.25) is 0 Å². The van der Waals surface area contributed by atoms with Crippen LogP contribution in [0, 0.1) is 12.7 Å². The third-order valence-electron chi connectivity index (χ3n) is 3.44. The van der Waals surface area contributed by atoms with Gasteiger partial charge in [-0.3, -0.25) is 0 Å². The van der Waals surface area contributed by atoms with Crippen LogP contribution in [0.15, 0.2) is 78.9 Å². The molecule has 0 fully saturated rings. The second kappa shape index (κ2) is 5.80. The lowest BCUT2D eigenvalue weighted by Crippen LogP contribution is -2.11. The zero-order chi connectivity index (χ0) is 14.7. The summed E-state index contributed by atoms with van der Waals surface area (Å²) in [6, 6.07) is 24.8. The maximum absolute atomic E-state index is 13.6. The zero-order valence-electron chi connectivity index (χ0n) is 11.8. The molecule has 3 rings (SSSR count). The molecule has 0 heterocycles. The van der Waals surface area contributed by atoms with Crippen molar-refractivity contribution in [2.45, 2.75) is 6.92 Å². The van der Waals surface area contributed by atoms with Gasteiger partial charge in [-0.05, 0) is 48.9 Å². The third-order valence-corrected chi connectivity index (χ3v) is 3.44. The molecule has 0 aliphatic carbocycles. The summed E-state index contributed by atoms with van der Waals surface area (Å²) in [6.07, 6.45) is 0. The number of anilines is 3. The van der Waals surface area contributed by atoms with Crippen LogP contribution in [0.1, 0.15) is 5.56 Å². The molecule has 0 spiro atoms. The van der Waals surface area contributed by atoms with Crippen molar-refractivity contribution in [2.75, 3.05) is 4.90 Å². The Bertz CT molecular complexity index is 737. The first-order valence-corrected chi connectivity index (χ1v) is 6.92. The molecule has 21 heavy (non-hydrogen) atoms. The Labute approximate surface area is 124 Å². The molecule has 104 valence electrons. The molecule has 0 aromatic heterocycles. The SMILES string of the molecule is Cc1ccccc1N(c1ccccc1)c1cccc(F)c1. The van der Waals surface area contributed by atoms with Crippen LogP contribution in [0.4, 0.5) is 21.5 Å². The summed E-state index contributed by atoms with van der Waals surface area (Å²) < 4.78 is 13.6. The Hall–Kier alpha value is -2.61. The monoisotopic (exact) mass is 277 g/mol. The molecule has 0 aliphatic heterocycles. The van der Waals surface area contributed by atoms with Crippen LogP contribution in [-0.2, 0) is 0 Å².